The van der Waals surface area contributed by atoms with E-state index < -0.39 is 23.8 Å². The SMILES string of the molecule is CC1(C[C@H]2C(=O)O[C@H](C(C)(C)C)N2C(=O)OCc2ccccc2)CC[C@]2(C)CC[C@]3(C)C(=CC(=O)C4[C@@]5(C)CC[C@H](O)C(C)(C)[C@@H]5CC[C@]43C)[C@@H]2C1. The van der Waals surface area contributed by atoms with Gasteiger partial charge in [0.05, 0.1) is 6.10 Å². The average molecular weight is 716 g/mol. The van der Waals surface area contributed by atoms with Gasteiger partial charge >= 0.3 is 12.1 Å². The number of carbonyl (C=O) groups excluding carboxylic acids is 3. The molecular formula is C45H65NO6. The number of ketones is 1. The number of ether oxygens (including phenoxy) is 2. The number of esters is 1. The van der Waals surface area contributed by atoms with E-state index in [1.165, 1.54) is 5.57 Å². The van der Waals surface area contributed by atoms with Crippen molar-refractivity contribution in [2.24, 2.45) is 55.7 Å². The molecule has 11 atom stereocenters. The van der Waals surface area contributed by atoms with Crippen LogP contribution in [0.3, 0.4) is 0 Å². The number of amides is 1. The zero-order valence-electron chi connectivity index (χ0n) is 33.6. The third-order valence-corrected chi connectivity index (χ3v) is 16.6. The molecule has 1 aliphatic heterocycles. The lowest BCUT2D eigenvalue weighted by Crippen LogP contribution is -2.66. The summed E-state index contributed by atoms with van der Waals surface area (Å²) < 4.78 is 11.9. The van der Waals surface area contributed by atoms with Gasteiger partial charge in [0, 0.05) is 11.3 Å². The summed E-state index contributed by atoms with van der Waals surface area (Å²) in [5.41, 5.74) is 0.929. The van der Waals surface area contributed by atoms with Gasteiger partial charge < -0.3 is 14.6 Å². The molecule has 1 aromatic rings. The highest BCUT2D eigenvalue weighted by molar-refractivity contribution is 5.95. The van der Waals surface area contributed by atoms with Crippen molar-refractivity contribution in [3.05, 3.63) is 47.5 Å². The summed E-state index contributed by atoms with van der Waals surface area (Å²) in [4.78, 5) is 44.0. The van der Waals surface area contributed by atoms with Crippen LogP contribution in [0.4, 0.5) is 4.79 Å². The summed E-state index contributed by atoms with van der Waals surface area (Å²) in [5, 5.41) is 11.1. The Morgan fingerprint density at radius 1 is 0.923 bits per heavy atom. The molecule has 6 aliphatic rings. The molecule has 1 aromatic carbocycles. The molecule has 4 saturated carbocycles. The van der Waals surface area contributed by atoms with Crippen LogP contribution in [0.25, 0.3) is 0 Å². The number of nitrogens with zero attached hydrogens (tertiary/aromatic N) is 1. The number of aliphatic hydroxyl groups excluding tert-OH is 1. The molecule has 7 nitrogen and oxygen atoms in total. The predicted molar refractivity (Wildman–Crippen MR) is 202 cm³/mol. The molecule has 0 aromatic heterocycles. The molecule has 1 N–H and O–H groups in total. The maximum atomic E-state index is 14.8. The van der Waals surface area contributed by atoms with Gasteiger partial charge in [-0.3, -0.25) is 9.69 Å². The zero-order chi connectivity index (χ0) is 37.9. The van der Waals surface area contributed by atoms with Gasteiger partial charge in [-0.25, -0.2) is 9.59 Å². The Morgan fingerprint density at radius 2 is 1.60 bits per heavy atom. The fourth-order valence-electron chi connectivity index (χ4n) is 13.2. The van der Waals surface area contributed by atoms with E-state index in [1.807, 2.05) is 51.1 Å². The van der Waals surface area contributed by atoms with Crippen molar-refractivity contribution in [1.82, 2.24) is 4.90 Å². The van der Waals surface area contributed by atoms with E-state index in [0.717, 1.165) is 63.4 Å². The van der Waals surface area contributed by atoms with Gasteiger partial charge in [0.15, 0.2) is 12.0 Å². The number of allylic oxidation sites excluding steroid dienone is 2. The van der Waals surface area contributed by atoms with Crippen LogP contribution >= 0.6 is 0 Å². The molecular weight excluding hydrogens is 650 g/mol. The summed E-state index contributed by atoms with van der Waals surface area (Å²) >= 11 is 0. The molecule has 0 spiro atoms. The van der Waals surface area contributed by atoms with E-state index >= 15 is 0 Å². The largest absolute Gasteiger partial charge is 0.444 e. The molecule has 5 aliphatic carbocycles. The number of rotatable bonds is 4. The topological polar surface area (TPSA) is 93.1 Å². The van der Waals surface area contributed by atoms with Crippen molar-refractivity contribution in [2.75, 3.05) is 0 Å². The first-order valence-corrected chi connectivity index (χ1v) is 20.2. The highest BCUT2D eigenvalue weighted by Gasteiger charge is 2.70. The Kier molecular flexibility index (Phi) is 8.81. The fourth-order valence-corrected chi connectivity index (χ4v) is 13.2. The predicted octanol–water partition coefficient (Wildman–Crippen LogP) is 9.65. The van der Waals surface area contributed by atoms with Crippen molar-refractivity contribution >= 4 is 17.8 Å². The maximum absolute atomic E-state index is 14.8. The fraction of sp³-hybridized carbons (Fsp3) is 0.756. The monoisotopic (exact) mass is 715 g/mol. The molecule has 1 heterocycles. The Morgan fingerprint density at radius 3 is 2.27 bits per heavy atom. The number of cyclic esters (lactones) is 1. The Balaban J connectivity index is 1.19. The number of benzene rings is 1. The lowest BCUT2D eigenvalue weighted by molar-refractivity contribution is -0.202. The van der Waals surface area contributed by atoms with E-state index in [0.29, 0.717) is 18.1 Å². The molecule has 286 valence electrons. The highest BCUT2D eigenvalue weighted by atomic mass is 16.6. The molecule has 7 heteroatoms. The van der Waals surface area contributed by atoms with Crippen molar-refractivity contribution in [3.63, 3.8) is 0 Å². The summed E-state index contributed by atoms with van der Waals surface area (Å²) in [6.45, 7) is 22.6. The van der Waals surface area contributed by atoms with E-state index in [-0.39, 0.29) is 63.0 Å². The second-order valence-electron chi connectivity index (χ2n) is 21.2. The van der Waals surface area contributed by atoms with Gasteiger partial charge in [-0.05, 0) is 120 Å². The van der Waals surface area contributed by atoms with Crippen LogP contribution in [-0.2, 0) is 25.7 Å². The van der Waals surface area contributed by atoms with E-state index in [4.69, 9.17) is 9.47 Å². The minimum Gasteiger partial charge on any atom is -0.444 e. The minimum absolute atomic E-state index is 0.0587. The summed E-state index contributed by atoms with van der Waals surface area (Å²) in [5.74, 6) is 0.410. The standard InChI is InChI=1S/C45H65NO6/c1-39(2,3)37-46(38(50)51-27-28-14-12-11-13-15-28)31(36(49)52-37)26-41(6)20-21-42(7)22-23-44(9)29(30(42)25-41)24-32(47)35-43(8)18-17-34(48)40(4,5)33(43)16-19-45(35,44)10/h11-15,24,30-31,33-35,37,48H,16-23,25-27H2,1-10H3/t30-,31-,33-,34-,35?,37+,41?,42+,43-,44+,45+/m0/s1. The van der Waals surface area contributed by atoms with Gasteiger partial charge in [-0.15, -0.1) is 0 Å². The van der Waals surface area contributed by atoms with Crippen molar-refractivity contribution < 1.29 is 29.0 Å². The maximum Gasteiger partial charge on any atom is 0.413 e. The number of hydrogen-bond donors (Lipinski definition) is 1. The van der Waals surface area contributed by atoms with E-state index in [2.05, 4.69) is 54.5 Å². The summed E-state index contributed by atoms with van der Waals surface area (Å²) in [7, 11) is 0. The van der Waals surface area contributed by atoms with Crippen LogP contribution in [-0.4, -0.2) is 46.2 Å². The van der Waals surface area contributed by atoms with Gasteiger partial charge in [0.1, 0.15) is 12.6 Å². The first kappa shape index (κ1) is 37.6. The van der Waals surface area contributed by atoms with Crippen LogP contribution in [0.1, 0.15) is 139 Å². The zero-order valence-corrected chi connectivity index (χ0v) is 33.6. The summed E-state index contributed by atoms with van der Waals surface area (Å²) in [6, 6.07) is 8.89. The normalized spacial score (nSPS) is 44.1. The first-order chi connectivity index (χ1) is 24.1. The van der Waals surface area contributed by atoms with Crippen molar-refractivity contribution in [3.8, 4) is 0 Å². The van der Waals surface area contributed by atoms with Crippen LogP contribution in [0.2, 0.25) is 0 Å². The molecule has 5 fully saturated rings. The Hall–Kier alpha value is -2.67. The smallest absolute Gasteiger partial charge is 0.413 e. The molecule has 0 radical (unpaired) electrons. The highest BCUT2D eigenvalue weighted by Crippen LogP contribution is 2.75. The number of hydrogen-bond acceptors (Lipinski definition) is 6. The van der Waals surface area contributed by atoms with Crippen LogP contribution in [0.5, 0.6) is 0 Å². The molecule has 0 bridgehead atoms. The molecule has 2 unspecified atom stereocenters. The average Bonchev–Trinajstić information content (AvgIpc) is 3.40. The Bertz CT molecular complexity index is 1640. The van der Waals surface area contributed by atoms with Crippen LogP contribution in [0.15, 0.2) is 42.0 Å². The van der Waals surface area contributed by atoms with Gasteiger partial charge in [0.25, 0.3) is 0 Å². The third kappa shape index (κ3) is 5.55. The van der Waals surface area contributed by atoms with E-state index in [9.17, 15) is 19.5 Å². The number of fused-ring (bicyclic) bond motifs is 7. The second kappa shape index (κ2) is 12.2. The van der Waals surface area contributed by atoms with Crippen molar-refractivity contribution in [2.45, 2.75) is 158 Å². The van der Waals surface area contributed by atoms with Crippen LogP contribution in [0, 0.1) is 55.7 Å². The number of aliphatic hydroxyl groups is 1. The van der Waals surface area contributed by atoms with Gasteiger partial charge in [0.2, 0.25) is 0 Å². The quantitative estimate of drug-likeness (QED) is 0.312. The lowest BCUT2D eigenvalue weighted by atomic mass is 9.33. The Labute approximate surface area is 312 Å². The van der Waals surface area contributed by atoms with Crippen LogP contribution < -0.4 is 0 Å². The first-order valence-electron chi connectivity index (χ1n) is 20.2. The van der Waals surface area contributed by atoms with E-state index in [1.54, 1.807) is 4.90 Å². The molecule has 1 saturated heterocycles. The van der Waals surface area contributed by atoms with Gasteiger partial charge in [-0.2, -0.15) is 0 Å². The molecule has 52 heavy (non-hydrogen) atoms. The lowest BCUT2D eigenvalue weighted by Gasteiger charge is -2.70. The number of carbonyl (C=O) groups is 3. The summed E-state index contributed by atoms with van der Waals surface area (Å²) in [6.07, 6.45) is 9.77. The minimum atomic E-state index is -0.735. The third-order valence-electron chi connectivity index (χ3n) is 16.6. The molecule has 7 rings (SSSR count). The molecule has 1 amide bonds. The van der Waals surface area contributed by atoms with Gasteiger partial charge in [-0.1, -0.05) is 105 Å². The second-order valence-corrected chi connectivity index (χ2v) is 21.2. The van der Waals surface area contributed by atoms with Crippen molar-refractivity contribution in [1.29, 1.82) is 0 Å².